The number of carbonyl (C=O) groups is 8. The summed E-state index contributed by atoms with van der Waals surface area (Å²) in [6, 6.07) is 3.75. The minimum Gasteiger partial charge on any atom is -0.355 e. The van der Waals surface area contributed by atoms with Gasteiger partial charge < -0.3 is 46.9 Å². The van der Waals surface area contributed by atoms with Gasteiger partial charge in [-0.1, -0.05) is 12.1 Å². The number of carbonyl (C=O) groups excluding carboxylic acids is 8. The van der Waals surface area contributed by atoms with Crippen molar-refractivity contribution in [2.75, 3.05) is 58.9 Å². The summed E-state index contributed by atoms with van der Waals surface area (Å²) in [4.78, 5) is 93.9. The van der Waals surface area contributed by atoms with Crippen LogP contribution in [0.4, 0.5) is 0 Å². The van der Waals surface area contributed by atoms with Gasteiger partial charge in [-0.3, -0.25) is 38.5 Å². The summed E-state index contributed by atoms with van der Waals surface area (Å²) < 4.78 is 0. The van der Waals surface area contributed by atoms with Gasteiger partial charge in [-0.15, -0.1) is 0 Å². The third kappa shape index (κ3) is 27.7. The Morgan fingerprint density at radius 2 is 0.648 bits per heavy atom. The molecule has 1 aromatic rings. The number of nitrogens with zero attached hydrogens (tertiary/aromatic N) is 2. The number of hydrogen-bond acceptors (Lipinski definition) is 10. The van der Waals surface area contributed by atoms with Crippen molar-refractivity contribution >= 4 is 47.1 Å². The molecule has 54 heavy (non-hydrogen) atoms. The number of hydrogen-bond donors (Lipinski definition) is 7. The topological polar surface area (TPSA) is 227 Å². The number of ketones is 1. The molecule has 0 aliphatic carbocycles. The van der Waals surface area contributed by atoms with Crippen LogP contribution in [-0.2, 0) is 64.5 Å². The Bertz CT molecular complexity index is 1210. The number of amides is 7. The second-order valence-corrected chi connectivity index (χ2v) is 13.0. The molecule has 0 atom stereocenters. The fraction of sp³-hybridized carbons (Fsp3) is 0.622. The van der Waals surface area contributed by atoms with E-state index in [0.29, 0.717) is 71.9 Å². The summed E-state index contributed by atoms with van der Waals surface area (Å²) in [5.74, 6) is -0.680. The maximum absolute atomic E-state index is 11.3. The summed E-state index contributed by atoms with van der Waals surface area (Å²) >= 11 is 0. The van der Waals surface area contributed by atoms with Gasteiger partial charge >= 0.3 is 0 Å². The zero-order chi connectivity index (χ0) is 41.1. The molecule has 1 rings (SSSR count). The first-order valence-electron chi connectivity index (χ1n) is 18.2. The highest BCUT2D eigenvalue weighted by atomic mass is 16.2. The van der Waals surface area contributed by atoms with Crippen molar-refractivity contribution in [2.45, 2.75) is 94.4 Å². The van der Waals surface area contributed by atoms with Crippen molar-refractivity contribution in [3.8, 4) is 0 Å². The molecule has 7 N–H and O–H groups in total. The normalized spacial score (nSPS) is 10.4. The van der Waals surface area contributed by atoms with E-state index in [4.69, 9.17) is 0 Å². The smallest absolute Gasteiger partial charge is 0.217 e. The molecule has 0 spiro atoms. The Kier molecular flexibility index (Phi) is 26.0. The summed E-state index contributed by atoms with van der Waals surface area (Å²) in [7, 11) is 0. The largest absolute Gasteiger partial charge is 0.355 e. The van der Waals surface area contributed by atoms with E-state index in [1.807, 2.05) is 12.1 Å². The first kappa shape index (κ1) is 49.1. The summed E-state index contributed by atoms with van der Waals surface area (Å²) in [5, 5.41) is 19.4. The van der Waals surface area contributed by atoms with Crippen LogP contribution in [0.3, 0.4) is 0 Å². The van der Waals surface area contributed by atoms with Crippen molar-refractivity contribution in [3.63, 3.8) is 0 Å². The van der Waals surface area contributed by atoms with E-state index in [0.717, 1.165) is 48.3 Å². The standard InChI is InChI=1S/C19H37N5O4.C18H26N4O4/c1-16(25)6-5-10-23(11-7-20-17(2)26)14-15-24(12-8-21-18(3)27)13-9-22-19(4)28;1-11(23)19-7-15-5-17(9-21-13(3)25)18(10-22-14(4)26)6-16(15)8-20-12(2)24/h5-15H2,1-4H3,(H,20,26)(H,21,27)(H,22,28);5-6H,7-10H2,1-4H3,(H,19,23)(H,20,24)(H,21,25)(H,22,26). The monoisotopic (exact) mass is 761 g/mol. The first-order valence-corrected chi connectivity index (χ1v) is 18.2. The Morgan fingerprint density at radius 3 is 0.889 bits per heavy atom. The molecule has 0 fully saturated rings. The maximum Gasteiger partial charge on any atom is 0.217 e. The molecule has 0 heterocycles. The number of nitrogens with one attached hydrogen (secondary N) is 7. The maximum atomic E-state index is 11.3. The van der Waals surface area contributed by atoms with Gasteiger partial charge in [0, 0.05) is 133 Å². The van der Waals surface area contributed by atoms with Crippen LogP contribution in [0.5, 0.6) is 0 Å². The molecule has 0 bridgehead atoms. The Balaban J connectivity index is 0.00000104. The Morgan fingerprint density at radius 1 is 0.389 bits per heavy atom. The lowest BCUT2D eigenvalue weighted by Gasteiger charge is -2.28. The molecule has 0 radical (unpaired) electrons. The SMILES string of the molecule is CC(=O)CCCN(CCNC(C)=O)CCN(CCNC(C)=O)CCNC(C)=O.CC(=O)NCc1cc(CNC(C)=O)c(CNC(C)=O)cc1CNC(C)=O. The van der Waals surface area contributed by atoms with Gasteiger partial charge in [0.05, 0.1) is 0 Å². The molecular weight excluding hydrogens is 698 g/mol. The van der Waals surface area contributed by atoms with Crippen LogP contribution < -0.4 is 37.2 Å². The Labute approximate surface area is 319 Å². The van der Waals surface area contributed by atoms with Gasteiger partial charge in [0.2, 0.25) is 41.4 Å². The van der Waals surface area contributed by atoms with E-state index in [2.05, 4.69) is 47.0 Å². The predicted molar refractivity (Wildman–Crippen MR) is 205 cm³/mol. The number of benzene rings is 1. The van der Waals surface area contributed by atoms with Crippen molar-refractivity contribution in [2.24, 2.45) is 0 Å². The molecule has 1 aromatic carbocycles. The summed E-state index contributed by atoms with van der Waals surface area (Å²) in [6.07, 6.45) is 1.33. The van der Waals surface area contributed by atoms with Crippen molar-refractivity contribution in [1.29, 1.82) is 0 Å². The third-order valence-electron chi connectivity index (χ3n) is 7.77. The van der Waals surface area contributed by atoms with Crippen LogP contribution in [0.25, 0.3) is 0 Å². The van der Waals surface area contributed by atoms with E-state index < -0.39 is 0 Å². The molecular formula is C37H63N9O8. The highest BCUT2D eigenvalue weighted by Crippen LogP contribution is 2.18. The van der Waals surface area contributed by atoms with Gasteiger partial charge in [-0.05, 0) is 42.1 Å². The zero-order valence-electron chi connectivity index (χ0n) is 33.4. The molecule has 0 saturated heterocycles. The van der Waals surface area contributed by atoms with E-state index in [9.17, 15) is 38.4 Å². The fourth-order valence-electron chi connectivity index (χ4n) is 5.00. The second kappa shape index (κ2) is 28.6. The highest BCUT2D eigenvalue weighted by Gasteiger charge is 2.13. The number of Topliss-reactive ketones (excluding diaryl/α,β-unsaturated/α-hetero) is 1. The van der Waals surface area contributed by atoms with Gasteiger partial charge in [-0.25, -0.2) is 0 Å². The molecule has 304 valence electrons. The minimum absolute atomic E-state index is 0.0593. The molecule has 0 aliphatic heterocycles. The Hall–Kier alpha value is -4.90. The molecule has 0 aromatic heterocycles. The van der Waals surface area contributed by atoms with Gasteiger partial charge in [0.25, 0.3) is 0 Å². The van der Waals surface area contributed by atoms with Crippen molar-refractivity contribution in [3.05, 3.63) is 34.4 Å². The molecule has 17 nitrogen and oxygen atoms in total. The fourth-order valence-corrected chi connectivity index (χ4v) is 5.00. The minimum atomic E-state index is -0.166. The van der Waals surface area contributed by atoms with Crippen molar-refractivity contribution in [1.82, 2.24) is 47.0 Å². The van der Waals surface area contributed by atoms with Crippen LogP contribution in [0.2, 0.25) is 0 Å². The molecule has 7 amide bonds. The predicted octanol–water partition coefficient (Wildman–Crippen LogP) is -0.401. The first-order chi connectivity index (χ1) is 25.4. The van der Waals surface area contributed by atoms with Gasteiger partial charge in [0.15, 0.2) is 0 Å². The molecule has 17 heteroatoms. The molecule has 0 unspecified atom stereocenters. The van der Waals surface area contributed by atoms with Crippen LogP contribution in [0, 0.1) is 0 Å². The average molecular weight is 762 g/mol. The van der Waals surface area contributed by atoms with E-state index in [1.54, 1.807) is 6.92 Å². The summed E-state index contributed by atoms with van der Waals surface area (Å²) in [5.41, 5.74) is 3.34. The number of rotatable bonds is 24. The lowest BCUT2D eigenvalue weighted by Crippen LogP contribution is -2.44. The van der Waals surface area contributed by atoms with Crippen LogP contribution >= 0.6 is 0 Å². The van der Waals surface area contributed by atoms with Crippen LogP contribution in [-0.4, -0.2) is 116 Å². The highest BCUT2D eigenvalue weighted by molar-refractivity contribution is 5.76. The molecule has 0 aliphatic rings. The van der Waals surface area contributed by atoms with E-state index in [1.165, 1.54) is 48.5 Å². The third-order valence-corrected chi connectivity index (χ3v) is 7.77. The summed E-state index contributed by atoms with van der Waals surface area (Å²) in [6.45, 7) is 19.0. The van der Waals surface area contributed by atoms with Crippen LogP contribution in [0.1, 0.15) is 90.5 Å². The van der Waals surface area contributed by atoms with E-state index >= 15 is 0 Å². The quantitative estimate of drug-likeness (QED) is 0.0722. The van der Waals surface area contributed by atoms with Crippen molar-refractivity contribution < 1.29 is 38.4 Å². The molecule has 0 saturated carbocycles. The van der Waals surface area contributed by atoms with E-state index in [-0.39, 0.29) is 47.1 Å². The lowest BCUT2D eigenvalue weighted by atomic mass is 9.97. The van der Waals surface area contributed by atoms with Gasteiger partial charge in [-0.2, -0.15) is 0 Å². The van der Waals surface area contributed by atoms with Crippen LogP contribution in [0.15, 0.2) is 12.1 Å². The lowest BCUT2D eigenvalue weighted by molar-refractivity contribution is -0.120. The second-order valence-electron chi connectivity index (χ2n) is 13.0. The van der Waals surface area contributed by atoms with Gasteiger partial charge in [0.1, 0.15) is 5.78 Å². The average Bonchev–Trinajstić information content (AvgIpc) is 3.06. The zero-order valence-corrected chi connectivity index (χ0v) is 33.4.